The zero-order valence-electron chi connectivity index (χ0n) is 9.69. The van der Waals surface area contributed by atoms with Crippen molar-refractivity contribution in [1.82, 2.24) is 4.31 Å². The number of rotatable bonds is 3. The van der Waals surface area contributed by atoms with Gasteiger partial charge in [-0.05, 0) is 12.1 Å². The molecule has 0 bridgehead atoms. The number of aliphatic hydroxyl groups excluding tert-OH is 1. The van der Waals surface area contributed by atoms with Gasteiger partial charge >= 0.3 is 0 Å². The van der Waals surface area contributed by atoms with Gasteiger partial charge in [-0.2, -0.15) is 4.31 Å². The monoisotopic (exact) mass is 273 g/mol. The minimum Gasteiger partial charge on any atom is -0.507 e. The number of benzene rings is 1. The minimum absolute atomic E-state index is 0.0904. The van der Waals surface area contributed by atoms with Crippen LogP contribution in [0.3, 0.4) is 0 Å². The Kier molecular flexibility index (Phi) is 3.86. The summed E-state index contributed by atoms with van der Waals surface area (Å²) < 4.78 is 31.0. The molecule has 1 saturated heterocycles. The second-order valence-electron chi connectivity index (χ2n) is 4.01. The first-order chi connectivity index (χ1) is 8.55. The van der Waals surface area contributed by atoms with Gasteiger partial charge in [-0.3, -0.25) is 0 Å². The summed E-state index contributed by atoms with van der Waals surface area (Å²) in [6, 6.07) is 5.80. The Bertz CT molecular complexity index is 516. The third kappa shape index (κ3) is 2.49. The van der Waals surface area contributed by atoms with Crippen molar-refractivity contribution in [1.29, 1.82) is 0 Å². The molecule has 100 valence electrons. The number of phenols is 1. The number of sulfonamides is 1. The Morgan fingerprint density at radius 2 is 2.11 bits per heavy atom. The standard InChI is InChI=1S/C11H15NO5S/c13-8-9-7-12(5-6-17-9)18(15,16)11-4-2-1-3-10(11)14/h1-4,9,13-14H,5-8H2. The number of para-hydroxylation sites is 1. The Labute approximate surface area is 105 Å². The van der Waals surface area contributed by atoms with Gasteiger partial charge in [0.25, 0.3) is 0 Å². The quantitative estimate of drug-likeness (QED) is 0.794. The summed E-state index contributed by atoms with van der Waals surface area (Å²) in [5.41, 5.74) is 0. The molecule has 1 aromatic rings. The predicted octanol–water partition coefficient (Wildman–Crippen LogP) is -0.226. The molecule has 0 aromatic heterocycles. The molecule has 1 aliphatic heterocycles. The zero-order chi connectivity index (χ0) is 13.2. The number of ether oxygens (including phenoxy) is 1. The molecule has 2 N–H and O–H groups in total. The lowest BCUT2D eigenvalue weighted by atomic mass is 10.3. The molecule has 0 spiro atoms. The Morgan fingerprint density at radius 1 is 1.39 bits per heavy atom. The third-order valence-corrected chi connectivity index (χ3v) is 4.70. The fourth-order valence-corrected chi connectivity index (χ4v) is 3.37. The number of morpholine rings is 1. The van der Waals surface area contributed by atoms with Crippen LogP contribution in [-0.2, 0) is 14.8 Å². The van der Waals surface area contributed by atoms with Gasteiger partial charge in [-0.15, -0.1) is 0 Å². The topological polar surface area (TPSA) is 87.1 Å². The molecule has 1 heterocycles. The van der Waals surface area contributed by atoms with Crippen molar-refractivity contribution in [2.75, 3.05) is 26.3 Å². The van der Waals surface area contributed by atoms with Gasteiger partial charge in [0.15, 0.2) is 0 Å². The van der Waals surface area contributed by atoms with Gasteiger partial charge in [0, 0.05) is 13.1 Å². The maximum absolute atomic E-state index is 12.3. The lowest BCUT2D eigenvalue weighted by Gasteiger charge is -2.31. The molecule has 6 nitrogen and oxygen atoms in total. The first-order valence-electron chi connectivity index (χ1n) is 5.56. The van der Waals surface area contributed by atoms with E-state index in [4.69, 9.17) is 9.84 Å². The summed E-state index contributed by atoms with van der Waals surface area (Å²) in [7, 11) is -3.74. The number of hydrogen-bond donors (Lipinski definition) is 2. The molecule has 0 radical (unpaired) electrons. The van der Waals surface area contributed by atoms with Crippen LogP contribution < -0.4 is 0 Å². The lowest BCUT2D eigenvalue weighted by Crippen LogP contribution is -2.46. The molecule has 1 fully saturated rings. The highest BCUT2D eigenvalue weighted by molar-refractivity contribution is 7.89. The lowest BCUT2D eigenvalue weighted by molar-refractivity contribution is -0.0304. The molecule has 1 aliphatic rings. The second-order valence-corrected chi connectivity index (χ2v) is 5.91. The van der Waals surface area contributed by atoms with E-state index in [2.05, 4.69) is 0 Å². The van der Waals surface area contributed by atoms with Gasteiger partial charge < -0.3 is 14.9 Å². The number of nitrogens with zero attached hydrogens (tertiary/aromatic N) is 1. The van der Waals surface area contributed by atoms with Crippen LogP contribution in [0.1, 0.15) is 0 Å². The van der Waals surface area contributed by atoms with Crippen molar-refractivity contribution < 1.29 is 23.4 Å². The molecule has 0 aliphatic carbocycles. The van der Waals surface area contributed by atoms with E-state index >= 15 is 0 Å². The van der Waals surface area contributed by atoms with Crippen molar-refractivity contribution >= 4 is 10.0 Å². The Hall–Kier alpha value is -1.15. The molecule has 1 atom stereocenters. The van der Waals surface area contributed by atoms with E-state index in [1.807, 2.05) is 0 Å². The van der Waals surface area contributed by atoms with E-state index in [0.29, 0.717) is 0 Å². The van der Waals surface area contributed by atoms with Crippen LogP contribution in [0.15, 0.2) is 29.2 Å². The molecule has 0 amide bonds. The maximum atomic E-state index is 12.3. The molecule has 7 heteroatoms. The number of hydrogen-bond acceptors (Lipinski definition) is 5. The fourth-order valence-electron chi connectivity index (χ4n) is 1.84. The first kappa shape index (κ1) is 13.3. The average molecular weight is 273 g/mol. The summed E-state index contributed by atoms with van der Waals surface area (Å²) >= 11 is 0. The summed E-state index contributed by atoms with van der Waals surface area (Å²) in [6.45, 7) is 0.311. The van der Waals surface area contributed by atoms with Crippen molar-refractivity contribution in [2.24, 2.45) is 0 Å². The highest BCUT2D eigenvalue weighted by atomic mass is 32.2. The first-order valence-corrected chi connectivity index (χ1v) is 7.00. The van der Waals surface area contributed by atoms with E-state index < -0.39 is 16.1 Å². The molecule has 1 unspecified atom stereocenters. The maximum Gasteiger partial charge on any atom is 0.246 e. The Balaban J connectivity index is 2.29. The average Bonchev–Trinajstić information content (AvgIpc) is 2.39. The SMILES string of the molecule is O=S(=O)(c1ccccc1O)N1CCOC(CO)C1. The smallest absolute Gasteiger partial charge is 0.246 e. The molecule has 0 saturated carbocycles. The normalized spacial score (nSPS) is 21.9. The van der Waals surface area contributed by atoms with Crippen molar-refractivity contribution in [3.8, 4) is 5.75 Å². The van der Waals surface area contributed by atoms with E-state index in [-0.39, 0.29) is 36.9 Å². The van der Waals surface area contributed by atoms with Crippen LogP contribution in [-0.4, -0.2) is 55.3 Å². The summed E-state index contributed by atoms with van der Waals surface area (Å²) in [4.78, 5) is -0.122. The third-order valence-electron chi connectivity index (χ3n) is 2.79. The van der Waals surface area contributed by atoms with Gasteiger partial charge in [-0.25, -0.2) is 8.42 Å². The van der Waals surface area contributed by atoms with Crippen LogP contribution in [0, 0.1) is 0 Å². The van der Waals surface area contributed by atoms with Crippen molar-refractivity contribution in [3.05, 3.63) is 24.3 Å². The van der Waals surface area contributed by atoms with E-state index in [9.17, 15) is 13.5 Å². The predicted molar refractivity (Wildman–Crippen MR) is 63.7 cm³/mol. The Morgan fingerprint density at radius 3 is 2.78 bits per heavy atom. The van der Waals surface area contributed by atoms with Gasteiger partial charge in [0.05, 0.1) is 19.3 Å². The van der Waals surface area contributed by atoms with Crippen LogP contribution >= 0.6 is 0 Å². The molecule has 2 rings (SSSR count). The van der Waals surface area contributed by atoms with Crippen LogP contribution in [0.2, 0.25) is 0 Å². The largest absolute Gasteiger partial charge is 0.507 e. The van der Waals surface area contributed by atoms with Crippen LogP contribution in [0.25, 0.3) is 0 Å². The highest BCUT2D eigenvalue weighted by Gasteiger charge is 2.31. The number of aliphatic hydroxyl groups is 1. The molecule has 1 aromatic carbocycles. The van der Waals surface area contributed by atoms with Gasteiger partial charge in [0.2, 0.25) is 10.0 Å². The van der Waals surface area contributed by atoms with E-state index in [0.717, 1.165) is 0 Å². The zero-order valence-corrected chi connectivity index (χ0v) is 10.5. The highest BCUT2D eigenvalue weighted by Crippen LogP contribution is 2.26. The minimum atomic E-state index is -3.74. The summed E-state index contributed by atoms with van der Waals surface area (Å²) in [5.74, 6) is -0.274. The van der Waals surface area contributed by atoms with E-state index in [1.54, 1.807) is 12.1 Å². The van der Waals surface area contributed by atoms with E-state index in [1.165, 1.54) is 16.4 Å². The molecular formula is C11H15NO5S. The van der Waals surface area contributed by atoms with Crippen molar-refractivity contribution in [2.45, 2.75) is 11.0 Å². The van der Waals surface area contributed by atoms with Crippen LogP contribution in [0.4, 0.5) is 0 Å². The second kappa shape index (κ2) is 5.23. The molecular weight excluding hydrogens is 258 g/mol. The summed E-state index contributed by atoms with van der Waals surface area (Å²) in [5, 5.41) is 18.6. The summed E-state index contributed by atoms with van der Waals surface area (Å²) in [6.07, 6.45) is -0.514. The van der Waals surface area contributed by atoms with Crippen molar-refractivity contribution in [3.63, 3.8) is 0 Å². The number of aromatic hydroxyl groups is 1. The van der Waals surface area contributed by atoms with Gasteiger partial charge in [-0.1, -0.05) is 12.1 Å². The molecule has 18 heavy (non-hydrogen) atoms. The fraction of sp³-hybridized carbons (Fsp3) is 0.455. The number of phenolic OH excluding ortho intramolecular Hbond substituents is 1. The van der Waals surface area contributed by atoms with Gasteiger partial charge in [0.1, 0.15) is 10.6 Å². The van der Waals surface area contributed by atoms with Crippen LogP contribution in [0.5, 0.6) is 5.75 Å².